The summed E-state index contributed by atoms with van der Waals surface area (Å²) in [5.74, 6) is 0.649. The number of aromatic hydroxyl groups is 1. The molecule has 1 aliphatic rings. The van der Waals surface area contributed by atoms with E-state index in [1.165, 1.54) is 18.2 Å². The minimum atomic E-state index is -0.520. The molecule has 1 amide bonds. The summed E-state index contributed by atoms with van der Waals surface area (Å²) >= 11 is 6.23. The zero-order valence-corrected chi connectivity index (χ0v) is 21.3. The van der Waals surface area contributed by atoms with Crippen molar-refractivity contribution in [2.24, 2.45) is 5.92 Å². The Balaban J connectivity index is 1.59. The second-order valence-electron chi connectivity index (χ2n) is 9.59. The first-order valence-corrected chi connectivity index (χ1v) is 12.5. The van der Waals surface area contributed by atoms with Crippen LogP contribution in [0.4, 0.5) is 4.39 Å². The number of rotatable bonds is 8. The van der Waals surface area contributed by atoms with Crippen molar-refractivity contribution >= 4 is 17.5 Å². The quantitative estimate of drug-likeness (QED) is 0.270. The van der Waals surface area contributed by atoms with E-state index in [0.717, 1.165) is 17.5 Å². The fourth-order valence-electron chi connectivity index (χ4n) is 4.58. The van der Waals surface area contributed by atoms with Gasteiger partial charge in [-0.25, -0.2) is 4.39 Å². The number of phenols is 1. The minimum absolute atomic E-state index is 0.00709. The number of nitrogens with zero attached hydrogens (tertiary/aromatic N) is 2. The summed E-state index contributed by atoms with van der Waals surface area (Å²) in [7, 11) is 0. The van der Waals surface area contributed by atoms with Crippen LogP contribution in [0.5, 0.6) is 11.5 Å². The van der Waals surface area contributed by atoms with Gasteiger partial charge in [0.2, 0.25) is 0 Å². The van der Waals surface area contributed by atoms with Gasteiger partial charge in [-0.15, -0.1) is 0 Å². The molecule has 2 heterocycles. The molecule has 37 heavy (non-hydrogen) atoms. The molecule has 1 atom stereocenters. The van der Waals surface area contributed by atoms with Crippen LogP contribution in [0.2, 0.25) is 5.02 Å². The Morgan fingerprint density at radius 2 is 1.92 bits per heavy atom. The van der Waals surface area contributed by atoms with Gasteiger partial charge in [-0.1, -0.05) is 49.7 Å². The number of ether oxygens (including phenoxy) is 1. The van der Waals surface area contributed by atoms with Gasteiger partial charge in [-0.2, -0.15) is 5.10 Å². The number of aromatic amines is 1. The molecule has 6 nitrogen and oxygen atoms in total. The highest BCUT2D eigenvalue weighted by atomic mass is 35.5. The van der Waals surface area contributed by atoms with Crippen LogP contribution in [-0.2, 0) is 6.54 Å². The van der Waals surface area contributed by atoms with Crippen LogP contribution in [0.25, 0.3) is 11.3 Å². The number of hydrogen-bond donors (Lipinski definition) is 2. The number of fused-ring (bicyclic) bond motifs is 1. The smallest absolute Gasteiger partial charge is 0.273 e. The van der Waals surface area contributed by atoms with Crippen molar-refractivity contribution in [2.75, 3.05) is 6.61 Å². The highest BCUT2D eigenvalue weighted by Crippen LogP contribution is 2.46. The summed E-state index contributed by atoms with van der Waals surface area (Å²) in [6.07, 6.45) is 0.924. The second kappa shape index (κ2) is 10.3. The van der Waals surface area contributed by atoms with Crippen molar-refractivity contribution in [2.45, 2.75) is 32.9 Å². The van der Waals surface area contributed by atoms with Crippen molar-refractivity contribution in [1.82, 2.24) is 15.1 Å². The van der Waals surface area contributed by atoms with Crippen LogP contribution in [0.15, 0.2) is 66.7 Å². The van der Waals surface area contributed by atoms with Crippen LogP contribution in [0.3, 0.4) is 0 Å². The molecule has 8 heteroatoms. The van der Waals surface area contributed by atoms with Crippen molar-refractivity contribution in [3.8, 4) is 22.8 Å². The molecule has 1 aromatic heterocycles. The number of nitrogens with one attached hydrogen (secondary N) is 1. The zero-order chi connectivity index (χ0) is 26.1. The van der Waals surface area contributed by atoms with E-state index in [-0.39, 0.29) is 24.0 Å². The predicted molar refractivity (Wildman–Crippen MR) is 140 cm³/mol. The van der Waals surface area contributed by atoms with Crippen molar-refractivity contribution in [1.29, 1.82) is 0 Å². The summed E-state index contributed by atoms with van der Waals surface area (Å²) in [6.45, 7) is 5.13. The number of hydrogen-bond acceptors (Lipinski definition) is 4. The SMILES string of the molecule is CC(C)CCOc1cccc(C2c3c(-c4cc(Cl)ccc4O)n[nH]c3C(=O)N2Cc2ccc(F)cc2)c1. The third-order valence-corrected chi connectivity index (χ3v) is 6.72. The van der Waals surface area contributed by atoms with Crippen molar-refractivity contribution < 1.29 is 19.0 Å². The molecule has 1 aliphatic heterocycles. The first-order valence-electron chi connectivity index (χ1n) is 12.2. The number of aromatic nitrogens is 2. The average Bonchev–Trinajstić information content (AvgIpc) is 3.41. The Labute approximate surface area is 219 Å². The van der Waals surface area contributed by atoms with Gasteiger partial charge >= 0.3 is 0 Å². The van der Waals surface area contributed by atoms with E-state index in [2.05, 4.69) is 24.0 Å². The number of H-pyrrole nitrogens is 1. The van der Waals surface area contributed by atoms with Crippen LogP contribution in [0.1, 0.15) is 53.5 Å². The molecule has 190 valence electrons. The molecular formula is C29H27ClFN3O3. The summed E-state index contributed by atoms with van der Waals surface area (Å²) in [5.41, 5.74) is 3.48. The molecule has 0 fully saturated rings. The molecule has 1 unspecified atom stereocenters. The summed E-state index contributed by atoms with van der Waals surface area (Å²) in [4.78, 5) is 15.4. The van der Waals surface area contributed by atoms with Gasteiger partial charge in [0, 0.05) is 22.7 Å². The number of halogens is 2. The van der Waals surface area contributed by atoms with Gasteiger partial charge < -0.3 is 14.7 Å². The van der Waals surface area contributed by atoms with Gasteiger partial charge in [0.25, 0.3) is 5.91 Å². The van der Waals surface area contributed by atoms with Crippen molar-refractivity contribution in [3.05, 3.63) is 100.0 Å². The van der Waals surface area contributed by atoms with Crippen LogP contribution < -0.4 is 4.74 Å². The summed E-state index contributed by atoms with van der Waals surface area (Å²) in [5, 5.41) is 18.3. The molecule has 0 aliphatic carbocycles. The van der Waals surface area contributed by atoms with E-state index in [1.54, 1.807) is 29.2 Å². The number of carbonyl (C=O) groups excluding carboxylic acids is 1. The van der Waals surface area contributed by atoms with Crippen molar-refractivity contribution in [3.63, 3.8) is 0 Å². The predicted octanol–water partition coefficient (Wildman–Crippen LogP) is 6.75. The Morgan fingerprint density at radius 1 is 1.14 bits per heavy atom. The first kappa shape index (κ1) is 24.8. The molecule has 4 aromatic rings. The summed E-state index contributed by atoms with van der Waals surface area (Å²) < 4.78 is 19.6. The van der Waals surface area contributed by atoms with E-state index in [0.29, 0.717) is 45.8 Å². The lowest BCUT2D eigenvalue weighted by Crippen LogP contribution is -2.29. The topological polar surface area (TPSA) is 78.5 Å². The summed E-state index contributed by atoms with van der Waals surface area (Å²) in [6, 6.07) is 18.0. The number of benzene rings is 3. The maximum Gasteiger partial charge on any atom is 0.273 e. The Bertz CT molecular complexity index is 1430. The van der Waals surface area contributed by atoms with Gasteiger partial charge in [0.1, 0.15) is 28.7 Å². The molecule has 0 saturated heterocycles. The molecule has 0 bridgehead atoms. The van der Waals surface area contributed by atoms with E-state index >= 15 is 0 Å². The maximum absolute atomic E-state index is 13.6. The van der Waals surface area contributed by atoms with Gasteiger partial charge in [0.15, 0.2) is 0 Å². The maximum atomic E-state index is 13.6. The minimum Gasteiger partial charge on any atom is -0.507 e. The largest absolute Gasteiger partial charge is 0.507 e. The third kappa shape index (κ3) is 5.04. The zero-order valence-electron chi connectivity index (χ0n) is 20.5. The molecule has 3 aromatic carbocycles. The molecule has 5 rings (SSSR count). The van der Waals surface area contributed by atoms with E-state index in [4.69, 9.17) is 16.3 Å². The lowest BCUT2D eigenvalue weighted by molar-refractivity contribution is 0.0729. The second-order valence-corrected chi connectivity index (χ2v) is 10.0. The Morgan fingerprint density at radius 3 is 2.68 bits per heavy atom. The van der Waals surface area contributed by atoms with E-state index in [9.17, 15) is 14.3 Å². The normalized spacial score (nSPS) is 14.9. The number of carbonyl (C=O) groups is 1. The monoisotopic (exact) mass is 519 g/mol. The molecule has 2 N–H and O–H groups in total. The first-order chi connectivity index (χ1) is 17.8. The van der Waals surface area contributed by atoms with E-state index in [1.807, 2.05) is 24.3 Å². The highest BCUT2D eigenvalue weighted by molar-refractivity contribution is 6.31. The standard InChI is InChI=1S/C29H27ClFN3O3/c1-17(2)12-13-37-22-5-3-4-19(14-22)28-25-26(23-15-20(30)8-11-24(23)35)32-33-27(25)29(36)34(28)16-18-6-9-21(31)10-7-18/h3-11,14-15,17,28,35H,12-13,16H2,1-2H3,(H,32,33). The van der Waals surface area contributed by atoms with E-state index < -0.39 is 6.04 Å². The highest BCUT2D eigenvalue weighted by Gasteiger charge is 2.42. The Hall–Kier alpha value is -3.84. The third-order valence-electron chi connectivity index (χ3n) is 6.48. The van der Waals surface area contributed by atoms with Crippen LogP contribution in [0, 0.1) is 11.7 Å². The molecular weight excluding hydrogens is 493 g/mol. The van der Waals surface area contributed by atoms with Crippen LogP contribution in [-0.4, -0.2) is 32.7 Å². The molecule has 0 spiro atoms. The average molecular weight is 520 g/mol. The molecule has 0 saturated carbocycles. The number of phenolic OH excluding ortho intramolecular Hbond substituents is 1. The van der Waals surface area contributed by atoms with Gasteiger partial charge in [0.05, 0.1) is 12.6 Å². The fraction of sp³-hybridized carbons (Fsp3) is 0.241. The van der Waals surface area contributed by atoms with Gasteiger partial charge in [-0.3, -0.25) is 9.89 Å². The molecule has 0 radical (unpaired) electrons. The lowest BCUT2D eigenvalue weighted by Gasteiger charge is -2.27. The van der Waals surface area contributed by atoms with Gasteiger partial charge in [-0.05, 0) is 65.9 Å². The number of amides is 1. The van der Waals surface area contributed by atoms with Crippen LogP contribution >= 0.6 is 11.6 Å². The Kier molecular flexibility index (Phi) is 6.89. The fourth-order valence-corrected chi connectivity index (χ4v) is 4.76. The lowest BCUT2D eigenvalue weighted by atomic mass is 9.95.